The van der Waals surface area contributed by atoms with E-state index in [1.165, 1.54) is 0 Å². The molecule has 0 radical (unpaired) electrons. The molecular weight excluding hydrogens is 268 g/mol. The molecular formula is C16H20N2O3. The number of aromatic nitrogens is 1. The molecule has 1 aromatic carbocycles. The van der Waals surface area contributed by atoms with Crippen LogP contribution in [0.3, 0.4) is 0 Å². The van der Waals surface area contributed by atoms with Crippen LogP contribution in [-0.4, -0.2) is 36.3 Å². The minimum Gasteiger partial charge on any atom is -0.462 e. The van der Waals surface area contributed by atoms with Crippen LogP contribution in [0.4, 0.5) is 0 Å². The summed E-state index contributed by atoms with van der Waals surface area (Å²) in [5, 5.41) is 1.10. The Labute approximate surface area is 123 Å². The van der Waals surface area contributed by atoms with Gasteiger partial charge in [-0.15, -0.1) is 0 Å². The van der Waals surface area contributed by atoms with Gasteiger partial charge in [0.25, 0.3) is 0 Å². The molecule has 5 nitrogen and oxygen atoms in total. The molecule has 2 atom stereocenters. The predicted molar refractivity (Wildman–Crippen MR) is 79.9 cm³/mol. The number of nitrogens with two attached hydrogens (primary N) is 1. The first-order valence-corrected chi connectivity index (χ1v) is 7.33. The first-order chi connectivity index (χ1) is 10.2. The number of carbonyl (C=O) groups is 1. The summed E-state index contributed by atoms with van der Waals surface area (Å²) < 4.78 is 10.7. The highest BCUT2D eigenvalue weighted by atomic mass is 16.6. The molecule has 0 bridgehead atoms. The van der Waals surface area contributed by atoms with Crippen molar-refractivity contribution >= 4 is 16.9 Å². The third kappa shape index (κ3) is 3.25. The van der Waals surface area contributed by atoms with Crippen LogP contribution < -0.4 is 5.73 Å². The van der Waals surface area contributed by atoms with E-state index >= 15 is 0 Å². The second kappa shape index (κ2) is 6.28. The molecule has 0 spiro atoms. The minimum absolute atomic E-state index is 0.0363. The van der Waals surface area contributed by atoms with Gasteiger partial charge >= 0.3 is 5.97 Å². The fourth-order valence-corrected chi connectivity index (χ4v) is 2.68. The molecule has 2 aromatic rings. The second-order valence-electron chi connectivity index (χ2n) is 5.44. The number of rotatable bonds is 5. The van der Waals surface area contributed by atoms with E-state index in [1.54, 1.807) is 0 Å². The topological polar surface area (TPSA) is 77.3 Å². The monoisotopic (exact) mass is 288 g/mol. The van der Waals surface area contributed by atoms with E-state index < -0.39 is 6.04 Å². The van der Waals surface area contributed by atoms with Gasteiger partial charge in [0, 0.05) is 30.1 Å². The SMILES string of the molecule is NC(Cc1c[nH]c2ccccc12)C(=O)OCC1CCCO1. The predicted octanol–water partition coefficient (Wildman–Crippen LogP) is 1.76. The molecule has 2 unspecified atom stereocenters. The summed E-state index contributed by atoms with van der Waals surface area (Å²) >= 11 is 0. The Morgan fingerprint density at radius 3 is 3.14 bits per heavy atom. The molecule has 1 saturated heterocycles. The highest BCUT2D eigenvalue weighted by molar-refractivity contribution is 5.84. The molecule has 0 aliphatic carbocycles. The molecule has 2 heterocycles. The number of H-pyrrole nitrogens is 1. The van der Waals surface area contributed by atoms with Gasteiger partial charge in [-0.25, -0.2) is 0 Å². The summed E-state index contributed by atoms with van der Waals surface area (Å²) in [7, 11) is 0. The molecule has 1 aliphatic heterocycles. The molecule has 0 amide bonds. The molecule has 21 heavy (non-hydrogen) atoms. The first kappa shape index (κ1) is 14.1. The van der Waals surface area contributed by atoms with E-state index in [0.29, 0.717) is 13.0 Å². The van der Waals surface area contributed by atoms with Gasteiger partial charge in [-0.2, -0.15) is 0 Å². The van der Waals surface area contributed by atoms with E-state index in [2.05, 4.69) is 4.98 Å². The molecule has 3 rings (SSSR count). The standard InChI is InChI=1S/C16H20N2O3/c17-14(16(19)21-10-12-4-3-7-20-12)8-11-9-18-15-6-2-1-5-13(11)15/h1-2,5-6,9,12,14,18H,3-4,7-8,10,17H2. The van der Waals surface area contributed by atoms with Gasteiger partial charge in [0.15, 0.2) is 0 Å². The molecule has 0 saturated carbocycles. The van der Waals surface area contributed by atoms with Crippen LogP contribution in [0.1, 0.15) is 18.4 Å². The zero-order valence-electron chi connectivity index (χ0n) is 11.9. The molecule has 1 aromatic heterocycles. The number of hydrogen-bond donors (Lipinski definition) is 2. The second-order valence-corrected chi connectivity index (χ2v) is 5.44. The molecule has 1 aliphatic rings. The zero-order chi connectivity index (χ0) is 14.7. The van der Waals surface area contributed by atoms with E-state index in [0.717, 1.165) is 35.9 Å². The van der Waals surface area contributed by atoms with Crippen molar-refractivity contribution in [2.75, 3.05) is 13.2 Å². The van der Waals surface area contributed by atoms with Gasteiger partial charge in [0.2, 0.25) is 0 Å². The smallest absolute Gasteiger partial charge is 0.323 e. The van der Waals surface area contributed by atoms with Crippen molar-refractivity contribution in [1.82, 2.24) is 4.98 Å². The minimum atomic E-state index is -0.648. The van der Waals surface area contributed by atoms with Crippen molar-refractivity contribution in [3.63, 3.8) is 0 Å². The largest absolute Gasteiger partial charge is 0.462 e. The number of ether oxygens (including phenoxy) is 2. The summed E-state index contributed by atoms with van der Waals surface area (Å²) in [5.74, 6) is -0.365. The van der Waals surface area contributed by atoms with Crippen LogP contribution in [0.25, 0.3) is 10.9 Å². The Morgan fingerprint density at radius 2 is 2.33 bits per heavy atom. The number of carbonyl (C=O) groups excluding carboxylic acids is 1. The van der Waals surface area contributed by atoms with Gasteiger partial charge in [0.1, 0.15) is 12.6 Å². The number of nitrogens with one attached hydrogen (secondary N) is 1. The van der Waals surface area contributed by atoms with E-state index in [1.807, 2.05) is 30.5 Å². The number of para-hydroxylation sites is 1. The van der Waals surface area contributed by atoms with Crippen molar-refractivity contribution in [3.8, 4) is 0 Å². The van der Waals surface area contributed by atoms with Crippen LogP contribution in [0.2, 0.25) is 0 Å². The molecule has 3 N–H and O–H groups in total. The fourth-order valence-electron chi connectivity index (χ4n) is 2.68. The number of fused-ring (bicyclic) bond motifs is 1. The van der Waals surface area contributed by atoms with Crippen LogP contribution in [0.15, 0.2) is 30.5 Å². The lowest BCUT2D eigenvalue weighted by molar-refractivity contribution is -0.148. The highest BCUT2D eigenvalue weighted by Crippen LogP contribution is 2.19. The van der Waals surface area contributed by atoms with Crippen molar-refractivity contribution in [3.05, 3.63) is 36.0 Å². The van der Waals surface area contributed by atoms with E-state index in [-0.39, 0.29) is 12.1 Å². The van der Waals surface area contributed by atoms with Crippen LogP contribution in [-0.2, 0) is 20.7 Å². The Bertz CT molecular complexity index is 617. The van der Waals surface area contributed by atoms with Gasteiger partial charge in [-0.05, 0) is 24.5 Å². The summed E-state index contributed by atoms with van der Waals surface area (Å²) in [4.78, 5) is 15.1. The Balaban J connectivity index is 1.57. The normalized spacial score (nSPS) is 19.8. The molecule has 5 heteroatoms. The van der Waals surface area contributed by atoms with Crippen molar-refractivity contribution in [2.24, 2.45) is 5.73 Å². The summed E-state index contributed by atoms with van der Waals surface area (Å²) in [6, 6.07) is 7.32. The van der Waals surface area contributed by atoms with E-state index in [4.69, 9.17) is 15.2 Å². The lowest BCUT2D eigenvalue weighted by atomic mass is 10.1. The Kier molecular flexibility index (Phi) is 4.22. The number of benzene rings is 1. The van der Waals surface area contributed by atoms with Crippen molar-refractivity contribution < 1.29 is 14.3 Å². The Morgan fingerprint density at radius 1 is 1.48 bits per heavy atom. The quantitative estimate of drug-likeness (QED) is 0.822. The lowest BCUT2D eigenvalue weighted by Gasteiger charge is -2.14. The first-order valence-electron chi connectivity index (χ1n) is 7.33. The molecule has 112 valence electrons. The maximum absolute atomic E-state index is 11.9. The summed E-state index contributed by atoms with van der Waals surface area (Å²) in [5.41, 5.74) is 8.04. The summed E-state index contributed by atoms with van der Waals surface area (Å²) in [6.07, 6.45) is 4.38. The maximum atomic E-state index is 11.9. The van der Waals surface area contributed by atoms with Crippen LogP contribution in [0.5, 0.6) is 0 Å². The highest BCUT2D eigenvalue weighted by Gasteiger charge is 2.21. The third-order valence-corrected chi connectivity index (χ3v) is 3.85. The van der Waals surface area contributed by atoms with Crippen molar-refractivity contribution in [2.45, 2.75) is 31.4 Å². The fraction of sp³-hybridized carbons (Fsp3) is 0.438. The van der Waals surface area contributed by atoms with Crippen LogP contribution in [0, 0.1) is 0 Å². The Hall–Kier alpha value is -1.85. The number of aromatic amines is 1. The average Bonchev–Trinajstić information content (AvgIpc) is 3.15. The van der Waals surface area contributed by atoms with Gasteiger partial charge in [-0.3, -0.25) is 4.79 Å². The number of hydrogen-bond acceptors (Lipinski definition) is 4. The average molecular weight is 288 g/mol. The van der Waals surface area contributed by atoms with Gasteiger partial charge < -0.3 is 20.2 Å². The van der Waals surface area contributed by atoms with Gasteiger partial charge in [-0.1, -0.05) is 18.2 Å². The van der Waals surface area contributed by atoms with Crippen LogP contribution >= 0.6 is 0 Å². The van der Waals surface area contributed by atoms with Crippen molar-refractivity contribution in [1.29, 1.82) is 0 Å². The van der Waals surface area contributed by atoms with E-state index in [9.17, 15) is 4.79 Å². The maximum Gasteiger partial charge on any atom is 0.323 e. The lowest BCUT2D eigenvalue weighted by Crippen LogP contribution is -2.35. The van der Waals surface area contributed by atoms with Gasteiger partial charge in [0.05, 0.1) is 6.10 Å². The summed E-state index contributed by atoms with van der Waals surface area (Å²) in [6.45, 7) is 1.06. The third-order valence-electron chi connectivity index (χ3n) is 3.85. The number of esters is 1. The molecule has 1 fully saturated rings. The zero-order valence-corrected chi connectivity index (χ0v) is 11.9.